The summed E-state index contributed by atoms with van der Waals surface area (Å²) in [5.74, 6) is 0.114. The minimum absolute atomic E-state index is 0.431. The number of nitrogens with one attached hydrogen (secondary N) is 1. The number of piperidine rings is 1. The van der Waals surface area contributed by atoms with Crippen molar-refractivity contribution in [3.63, 3.8) is 0 Å². The van der Waals surface area contributed by atoms with Crippen LogP contribution in [0.25, 0.3) is 0 Å². The minimum Gasteiger partial charge on any atom is -0.481 e. The molecule has 74 valence electrons. The van der Waals surface area contributed by atoms with Crippen LogP contribution in [0.2, 0.25) is 0 Å². The molecular formula is C10H17NO2. The Kier molecular flexibility index (Phi) is 2.28. The molecule has 3 heteroatoms. The second-order valence-corrected chi connectivity index (χ2v) is 4.51. The van der Waals surface area contributed by atoms with Crippen molar-refractivity contribution in [2.45, 2.75) is 32.1 Å². The smallest absolute Gasteiger partial charge is 0.310 e. The third-order valence-electron chi connectivity index (χ3n) is 3.30. The number of aliphatic carboxylic acids is 1. The topological polar surface area (TPSA) is 49.3 Å². The van der Waals surface area contributed by atoms with E-state index < -0.39 is 11.4 Å². The van der Waals surface area contributed by atoms with Crippen molar-refractivity contribution in [2.75, 3.05) is 13.1 Å². The van der Waals surface area contributed by atoms with Crippen LogP contribution in [0.3, 0.4) is 0 Å². The van der Waals surface area contributed by atoms with Crippen LogP contribution in [0, 0.1) is 11.3 Å². The Balaban J connectivity index is 2.02. The number of rotatable bonds is 3. The molecular weight excluding hydrogens is 166 g/mol. The Labute approximate surface area is 78.5 Å². The SMILES string of the molecule is O=C(O)C1(CC2CC2)CCCNC1. The van der Waals surface area contributed by atoms with E-state index in [1.165, 1.54) is 12.8 Å². The van der Waals surface area contributed by atoms with Gasteiger partial charge in [0.05, 0.1) is 5.41 Å². The van der Waals surface area contributed by atoms with Crippen LogP contribution < -0.4 is 5.32 Å². The summed E-state index contributed by atoms with van der Waals surface area (Å²) in [6.07, 6.45) is 5.27. The van der Waals surface area contributed by atoms with Crippen LogP contribution in [0.4, 0.5) is 0 Å². The summed E-state index contributed by atoms with van der Waals surface area (Å²) in [6, 6.07) is 0. The van der Waals surface area contributed by atoms with Gasteiger partial charge in [0.25, 0.3) is 0 Å². The number of hydrogen-bond donors (Lipinski definition) is 2. The molecule has 2 rings (SSSR count). The second-order valence-electron chi connectivity index (χ2n) is 4.51. The maximum absolute atomic E-state index is 11.2. The van der Waals surface area contributed by atoms with Gasteiger partial charge < -0.3 is 10.4 Å². The lowest BCUT2D eigenvalue weighted by atomic mass is 9.76. The molecule has 3 nitrogen and oxygen atoms in total. The van der Waals surface area contributed by atoms with Gasteiger partial charge in [-0.2, -0.15) is 0 Å². The van der Waals surface area contributed by atoms with E-state index >= 15 is 0 Å². The summed E-state index contributed by atoms with van der Waals surface area (Å²) in [4.78, 5) is 11.2. The fraction of sp³-hybridized carbons (Fsp3) is 0.900. The maximum atomic E-state index is 11.2. The average Bonchev–Trinajstić information content (AvgIpc) is 2.90. The first-order chi connectivity index (χ1) is 6.23. The molecule has 1 atom stereocenters. The Bertz CT molecular complexity index is 205. The largest absolute Gasteiger partial charge is 0.481 e. The Morgan fingerprint density at radius 2 is 2.31 bits per heavy atom. The van der Waals surface area contributed by atoms with E-state index in [9.17, 15) is 9.90 Å². The Hall–Kier alpha value is -0.570. The highest BCUT2D eigenvalue weighted by atomic mass is 16.4. The number of hydrogen-bond acceptors (Lipinski definition) is 2. The van der Waals surface area contributed by atoms with Gasteiger partial charge in [-0.05, 0) is 31.7 Å². The van der Waals surface area contributed by atoms with Crippen LogP contribution in [0.15, 0.2) is 0 Å². The molecule has 0 spiro atoms. The summed E-state index contributed by atoms with van der Waals surface area (Å²) >= 11 is 0. The molecule has 0 aromatic carbocycles. The quantitative estimate of drug-likeness (QED) is 0.692. The van der Waals surface area contributed by atoms with Crippen LogP contribution >= 0.6 is 0 Å². The van der Waals surface area contributed by atoms with Gasteiger partial charge in [0.15, 0.2) is 0 Å². The first kappa shape index (κ1) is 9.00. The molecule has 1 aliphatic heterocycles. The standard InChI is InChI=1S/C10H17NO2/c12-9(13)10(6-8-2-3-8)4-1-5-11-7-10/h8,11H,1-7H2,(H,12,13). The molecule has 0 amide bonds. The highest BCUT2D eigenvalue weighted by molar-refractivity contribution is 5.75. The Morgan fingerprint density at radius 1 is 1.54 bits per heavy atom. The minimum atomic E-state index is -0.591. The lowest BCUT2D eigenvalue weighted by Gasteiger charge is -2.33. The second kappa shape index (κ2) is 3.29. The van der Waals surface area contributed by atoms with Crippen molar-refractivity contribution in [3.05, 3.63) is 0 Å². The fourth-order valence-corrected chi connectivity index (χ4v) is 2.29. The summed E-state index contributed by atoms with van der Waals surface area (Å²) in [5.41, 5.74) is -0.431. The predicted octanol–water partition coefficient (Wildman–Crippen LogP) is 1.24. The van der Waals surface area contributed by atoms with E-state index in [-0.39, 0.29) is 0 Å². The molecule has 2 aliphatic rings. The lowest BCUT2D eigenvalue weighted by Crippen LogP contribution is -2.45. The van der Waals surface area contributed by atoms with Crippen molar-refractivity contribution in [1.29, 1.82) is 0 Å². The van der Waals surface area contributed by atoms with Crippen molar-refractivity contribution in [2.24, 2.45) is 11.3 Å². The summed E-state index contributed by atoms with van der Waals surface area (Å²) in [7, 11) is 0. The zero-order valence-corrected chi connectivity index (χ0v) is 7.88. The van der Waals surface area contributed by atoms with Crippen molar-refractivity contribution < 1.29 is 9.90 Å². The summed E-state index contributed by atoms with van der Waals surface area (Å²) in [5, 5.41) is 12.4. The Morgan fingerprint density at radius 3 is 2.77 bits per heavy atom. The van der Waals surface area contributed by atoms with Crippen molar-refractivity contribution >= 4 is 5.97 Å². The molecule has 2 fully saturated rings. The number of carboxylic acid groups (broad SMARTS) is 1. The zero-order valence-electron chi connectivity index (χ0n) is 7.88. The molecule has 1 unspecified atom stereocenters. The molecule has 1 saturated carbocycles. The molecule has 0 radical (unpaired) electrons. The monoisotopic (exact) mass is 183 g/mol. The number of carboxylic acids is 1. The fourth-order valence-electron chi connectivity index (χ4n) is 2.29. The van der Waals surface area contributed by atoms with Gasteiger partial charge in [-0.15, -0.1) is 0 Å². The van der Waals surface area contributed by atoms with Gasteiger partial charge in [0.2, 0.25) is 0 Å². The van der Waals surface area contributed by atoms with E-state index in [2.05, 4.69) is 5.32 Å². The molecule has 2 N–H and O–H groups in total. The third kappa shape index (κ3) is 1.85. The normalized spacial score (nSPS) is 34.5. The first-order valence-corrected chi connectivity index (χ1v) is 5.17. The van der Waals surface area contributed by atoms with E-state index in [1.807, 2.05) is 0 Å². The molecule has 1 heterocycles. The zero-order chi connectivity index (χ0) is 9.31. The van der Waals surface area contributed by atoms with Gasteiger partial charge in [0, 0.05) is 6.54 Å². The number of carbonyl (C=O) groups is 1. The van der Waals surface area contributed by atoms with Crippen LogP contribution in [0.1, 0.15) is 32.1 Å². The van der Waals surface area contributed by atoms with Gasteiger partial charge in [-0.3, -0.25) is 4.79 Å². The molecule has 13 heavy (non-hydrogen) atoms. The van der Waals surface area contributed by atoms with E-state index in [4.69, 9.17) is 0 Å². The van der Waals surface area contributed by atoms with Crippen molar-refractivity contribution in [1.82, 2.24) is 5.32 Å². The van der Waals surface area contributed by atoms with Gasteiger partial charge >= 0.3 is 5.97 Å². The maximum Gasteiger partial charge on any atom is 0.310 e. The highest BCUT2D eigenvalue weighted by Crippen LogP contribution is 2.43. The molecule has 0 bridgehead atoms. The van der Waals surface area contributed by atoms with Crippen molar-refractivity contribution in [3.8, 4) is 0 Å². The van der Waals surface area contributed by atoms with Gasteiger partial charge in [-0.1, -0.05) is 12.8 Å². The third-order valence-corrected chi connectivity index (χ3v) is 3.30. The van der Waals surface area contributed by atoms with Gasteiger partial charge in [-0.25, -0.2) is 0 Å². The van der Waals surface area contributed by atoms with E-state index in [1.54, 1.807) is 0 Å². The highest BCUT2D eigenvalue weighted by Gasteiger charge is 2.43. The molecule has 0 aromatic heterocycles. The van der Waals surface area contributed by atoms with Crippen LogP contribution in [0.5, 0.6) is 0 Å². The molecule has 1 saturated heterocycles. The summed E-state index contributed by atoms with van der Waals surface area (Å²) < 4.78 is 0. The van der Waals surface area contributed by atoms with E-state index in [0.717, 1.165) is 25.8 Å². The summed E-state index contributed by atoms with van der Waals surface area (Å²) in [6.45, 7) is 1.67. The first-order valence-electron chi connectivity index (χ1n) is 5.17. The lowest BCUT2D eigenvalue weighted by molar-refractivity contribution is -0.150. The van der Waals surface area contributed by atoms with Crippen LogP contribution in [-0.4, -0.2) is 24.2 Å². The van der Waals surface area contributed by atoms with Gasteiger partial charge in [0.1, 0.15) is 0 Å². The molecule has 1 aliphatic carbocycles. The van der Waals surface area contributed by atoms with E-state index in [0.29, 0.717) is 12.5 Å². The molecule has 0 aromatic rings. The van der Waals surface area contributed by atoms with Crippen LogP contribution in [-0.2, 0) is 4.79 Å². The average molecular weight is 183 g/mol. The predicted molar refractivity (Wildman–Crippen MR) is 49.5 cm³/mol.